The van der Waals surface area contributed by atoms with Gasteiger partial charge in [0.25, 0.3) is 0 Å². The summed E-state index contributed by atoms with van der Waals surface area (Å²) < 4.78 is 24.7. The van der Waals surface area contributed by atoms with Gasteiger partial charge in [0.2, 0.25) is 0 Å². The average molecular weight is 384 g/mol. The lowest BCUT2D eigenvalue weighted by atomic mass is 9.73. The number of carbonyl (C=O) groups is 2. The maximum atomic E-state index is 13.1. The molecule has 1 aliphatic rings. The van der Waals surface area contributed by atoms with E-state index in [1.807, 2.05) is 13.0 Å². The molecule has 0 N–H and O–H groups in total. The predicted octanol–water partition coefficient (Wildman–Crippen LogP) is 4.99. The molecule has 2 aromatic rings. The quantitative estimate of drug-likeness (QED) is 0.697. The third-order valence-corrected chi connectivity index (χ3v) is 5.08. The van der Waals surface area contributed by atoms with Gasteiger partial charge in [0.1, 0.15) is 34.4 Å². The molecule has 3 rings (SSSR count). The lowest BCUT2D eigenvalue weighted by Crippen LogP contribution is -2.58. The van der Waals surface area contributed by atoms with Crippen LogP contribution in [-0.4, -0.2) is 22.8 Å². The highest BCUT2D eigenvalue weighted by Crippen LogP contribution is 2.40. The number of hydrogen-bond acceptors (Lipinski definition) is 4. The number of ketones is 2. The van der Waals surface area contributed by atoms with E-state index < -0.39 is 17.1 Å². The number of ether oxygens (including phenoxy) is 2. The van der Waals surface area contributed by atoms with E-state index in [-0.39, 0.29) is 17.4 Å². The monoisotopic (exact) mass is 384 g/mol. The Morgan fingerprint density at radius 1 is 0.929 bits per heavy atom. The number of aryl methyl sites for hydroxylation is 1. The molecule has 0 radical (unpaired) electrons. The highest BCUT2D eigenvalue weighted by Gasteiger charge is 2.53. The molecule has 0 bridgehead atoms. The first-order valence-corrected chi connectivity index (χ1v) is 9.40. The van der Waals surface area contributed by atoms with Gasteiger partial charge in [-0.25, -0.2) is 4.39 Å². The van der Waals surface area contributed by atoms with E-state index in [9.17, 15) is 14.0 Å². The molecule has 0 saturated carbocycles. The topological polar surface area (TPSA) is 52.6 Å². The summed E-state index contributed by atoms with van der Waals surface area (Å²) in [7, 11) is 0. The van der Waals surface area contributed by atoms with E-state index in [1.165, 1.54) is 24.3 Å². The van der Waals surface area contributed by atoms with Crippen LogP contribution in [0, 0.1) is 5.82 Å². The van der Waals surface area contributed by atoms with Crippen LogP contribution in [0.2, 0.25) is 0 Å². The van der Waals surface area contributed by atoms with Crippen LogP contribution >= 0.6 is 0 Å². The molecule has 0 aliphatic carbocycles. The summed E-state index contributed by atoms with van der Waals surface area (Å²) in [6.07, 6.45) is 0.672. The van der Waals surface area contributed by atoms with E-state index in [2.05, 4.69) is 0 Å². The van der Waals surface area contributed by atoms with Crippen LogP contribution in [0.5, 0.6) is 11.5 Å². The number of halogens is 1. The van der Waals surface area contributed by atoms with E-state index >= 15 is 0 Å². The molecule has 1 fully saturated rings. The van der Waals surface area contributed by atoms with Gasteiger partial charge in [-0.2, -0.15) is 0 Å². The van der Waals surface area contributed by atoms with Crippen molar-refractivity contribution in [2.75, 3.05) is 0 Å². The summed E-state index contributed by atoms with van der Waals surface area (Å²) in [6.45, 7) is 8.76. The molecule has 4 nitrogen and oxygen atoms in total. The Bertz CT molecular complexity index is 887. The summed E-state index contributed by atoms with van der Waals surface area (Å²) in [5.74, 6) is -0.818. The fourth-order valence-electron chi connectivity index (χ4n) is 3.70. The lowest BCUT2D eigenvalue weighted by Gasteiger charge is -2.43. The summed E-state index contributed by atoms with van der Waals surface area (Å²) in [4.78, 5) is 26.2. The van der Waals surface area contributed by atoms with Gasteiger partial charge in [-0.15, -0.1) is 0 Å². The van der Waals surface area contributed by atoms with Crippen molar-refractivity contribution in [2.24, 2.45) is 0 Å². The van der Waals surface area contributed by atoms with Gasteiger partial charge in [-0.1, -0.05) is 13.0 Å². The van der Waals surface area contributed by atoms with Gasteiger partial charge >= 0.3 is 0 Å². The van der Waals surface area contributed by atoms with Crippen molar-refractivity contribution in [3.05, 3.63) is 59.4 Å². The van der Waals surface area contributed by atoms with Crippen molar-refractivity contribution in [3.8, 4) is 11.5 Å². The highest BCUT2D eigenvalue weighted by atomic mass is 19.1. The van der Waals surface area contributed by atoms with Crippen molar-refractivity contribution in [1.82, 2.24) is 0 Å². The molecule has 1 heterocycles. The van der Waals surface area contributed by atoms with E-state index in [1.54, 1.807) is 39.8 Å². The Hall–Kier alpha value is -2.53. The normalized spacial score (nSPS) is 18.9. The van der Waals surface area contributed by atoms with Crippen LogP contribution in [0.1, 0.15) is 51.7 Å². The third kappa shape index (κ3) is 3.72. The molecule has 0 atom stereocenters. The zero-order valence-corrected chi connectivity index (χ0v) is 16.8. The lowest BCUT2D eigenvalue weighted by molar-refractivity contribution is -0.184. The number of carbonyl (C=O) groups excluding carboxylic acids is 2. The molecule has 5 heteroatoms. The number of benzene rings is 2. The first-order chi connectivity index (χ1) is 13.0. The Balaban J connectivity index is 2.05. The van der Waals surface area contributed by atoms with Gasteiger partial charge in [0.05, 0.1) is 0 Å². The molecule has 0 unspecified atom stereocenters. The second-order valence-electron chi connectivity index (χ2n) is 8.05. The first-order valence-electron chi connectivity index (χ1n) is 9.40. The van der Waals surface area contributed by atoms with Gasteiger partial charge < -0.3 is 9.47 Å². The largest absolute Gasteiger partial charge is 0.457 e. The Morgan fingerprint density at radius 3 is 2.00 bits per heavy atom. The van der Waals surface area contributed by atoms with Crippen LogP contribution in [0.25, 0.3) is 0 Å². The van der Waals surface area contributed by atoms with E-state index in [0.717, 1.165) is 5.56 Å². The summed E-state index contributed by atoms with van der Waals surface area (Å²) in [5.41, 5.74) is -0.588. The summed E-state index contributed by atoms with van der Waals surface area (Å²) in [6, 6.07) is 11.1. The highest BCUT2D eigenvalue weighted by molar-refractivity contribution is 6.15. The van der Waals surface area contributed by atoms with Crippen LogP contribution in [-0.2, 0) is 20.7 Å². The predicted molar refractivity (Wildman–Crippen MR) is 104 cm³/mol. The van der Waals surface area contributed by atoms with Gasteiger partial charge in [0.15, 0.2) is 11.6 Å². The minimum atomic E-state index is -1.07. The minimum Gasteiger partial charge on any atom is -0.457 e. The summed E-state index contributed by atoms with van der Waals surface area (Å²) in [5, 5.41) is 0. The number of rotatable bonds is 4. The molecule has 1 aliphatic heterocycles. The SMILES string of the molecule is CCc1ccc(Oc2ccc(F)cc2)cc1C1C(=O)C(C)(C)OC(C)(C)C1=O. The molecule has 1 saturated heterocycles. The Kier molecular flexibility index (Phi) is 5.15. The molecule has 148 valence electrons. The van der Waals surface area contributed by atoms with Crippen LogP contribution in [0.4, 0.5) is 4.39 Å². The minimum absolute atomic E-state index is 0.259. The standard InChI is InChI=1S/C23H25FO4/c1-6-14-7-10-17(27-16-11-8-15(24)9-12-16)13-18(14)19-20(25)22(2,3)28-23(4,5)21(19)26/h7-13,19H,6H2,1-5H3. The maximum Gasteiger partial charge on any atom is 0.179 e. The van der Waals surface area contributed by atoms with Crippen molar-refractivity contribution < 1.29 is 23.5 Å². The second kappa shape index (κ2) is 7.13. The van der Waals surface area contributed by atoms with Crippen LogP contribution < -0.4 is 4.74 Å². The third-order valence-electron chi connectivity index (χ3n) is 5.08. The van der Waals surface area contributed by atoms with Crippen LogP contribution in [0.15, 0.2) is 42.5 Å². The zero-order valence-electron chi connectivity index (χ0n) is 16.8. The Morgan fingerprint density at radius 2 is 1.46 bits per heavy atom. The van der Waals surface area contributed by atoms with Crippen molar-refractivity contribution in [1.29, 1.82) is 0 Å². The molecular formula is C23H25FO4. The molecule has 28 heavy (non-hydrogen) atoms. The number of Topliss-reactive ketones (excluding diaryl/α,β-unsaturated/α-hetero) is 2. The second-order valence-corrected chi connectivity index (χ2v) is 8.05. The van der Waals surface area contributed by atoms with Crippen LogP contribution in [0.3, 0.4) is 0 Å². The van der Waals surface area contributed by atoms with Crippen molar-refractivity contribution >= 4 is 11.6 Å². The van der Waals surface area contributed by atoms with E-state index in [4.69, 9.17) is 9.47 Å². The van der Waals surface area contributed by atoms with E-state index in [0.29, 0.717) is 23.5 Å². The smallest absolute Gasteiger partial charge is 0.179 e. The zero-order chi connectivity index (χ0) is 20.7. The molecule has 0 spiro atoms. The fraction of sp³-hybridized carbons (Fsp3) is 0.391. The molecule has 2 aromatic carbocycles. The van der Waals surface area contributed by atoms with Crippen molar-refractivity contribution in [3.63, 3.8) is 0 Å². The molecular weight excluding hydrogens is 359 g/mol. The first kappa shape index (κ1) is 20.2. The summed E-state index contributed by atoms with van der Waals surface area (Å²) >= 11 is 0. The molecule has 0 aromatic heterocycles. The van der Waals surface area contributed by atoms with Gasteiger partial charge in [0, 0.05) is 0 Å². The van der Waals surface area contributed by atoms with Gasteiger partial charge in [-0.05, 0) is 81.6 Å². The number of hydrogen-bond donors (Lipinski definition) is 0. The average Bonchev–Trinajstić information content (AvgIpc) is 2.62. The van der Waals surface area contributed by atoms with Crippen molar-refractivity contribution in [2.45, 2.75) is 58.2 Å². The Labute approximate surface area is 164 Å². The molecule has 0 amide bonds. The maximum absolute atomic E-state index is 13.1. The van der Waals surface area contributed by atoms with Gasteiger partial charge in [-0.3, -0.25) is 9.59 Å². The fourth-order valence-corrected chi connectivity index (χ4v) is 3.70.